The minimum atomic E-state index is -3.56. The Balaban J connectivity index is 0.000000212. The predicted molar refractivity (Wildman–Crippen MR) is 467 cm³/mol. The van der Waals surface area contributed by atoms with Gasteiger partial charge in [-0.15, -0.1) is 13.2 Å². The lowest BCUT2D eigenvalue weighted by molar-refractivity contribution is 0.352. The maximum atomic E-state index is 12.6. The highest BCUT2D eigenvalue weighted by Crippen LogP contribution is 2.38. The van der Waals surface area contributed by atoms with Crippen LogP contribution in [0.3, 0.4) is 0 Å². The van der Waals surface area contributed by atoms with Crippen molar-refractivity contribution in [1.29, 1.82) is 0 Å². The van der Waals surface area contributed by atoms with Crippen LogP contribution >= 0.6 is 0 Å². The Labute approximate surface area is 675 Å². The number of rotatable bonds is 40. The van der Waals surface area contributed by atoms with E-state index in [1.807, 2.05) is 98.8 Å². The van der Waals surface area contributed by atoms with Gasteiger partial charge >= 0.3 is 0 Å². The van der Waals surface area contributed by atoms with Gasteiger partial charge in [0.25, 0.3) is 0 Å². The molecule has 0 bridgehead atoms. The number of sulfone groups is 1. The summed E-state index contributed by atoms with van der Waals surface area (Å²) in [6.07, 6.45) is 17.4. The van der Waals surface area contributed by atoms with Gasteiger partial charge in [-0.1, -0.05) is 226 Å². The summed E-state index contributed by atoms with van der Waals surface area (Å²) in [7, 11) is -4.80. The zero-order valence-corrected chi connectivity index (χ0v) is 68.1. The minimum Gasteiger partial charge on any atom is -0.490 e. The molecule has 0 N–H and O–H groups in total. The largest absolute Gasteiger partial charge is 0.490 e. The van der Waals surface area contributed by atoms with Gasteiger partial charge in [-0.2, -0.15) is 0 Å². The van der Waals surface area contributed by atoms with Crippen molar-refractivity contribution in [3.8, 4) is 46.0 Å². The summed E-state index contributed by atoms with van der Waals surface area (Å²) in [6, 6.07) is 74.5. The summed E-state index contributed by atoms with van der Waals surface area (Å²) in [5.41, 5.74) is 14.0. The zero-order chi connectivity index (χ0) is 81.6. The first-order chi connectivity index (χ1) is 54.5. The molecule has 10 aromatic rings. The van der Waals surface area contributed by atoms with E-state index in [0.717, 1.165) is 92.2 Å². The molecule has 13 heteroatoms. The quantitative estimate of drug-likeness (QED) is 0.0341. The van der Waals surface area contributed by atoms with Crippen molar-refractivity contribution in [1.82, 2.24) is 0 Å². The molecular weight excluding hydrogens is 1440 g/mol. The summed E-state index contributed by atoms with van der Waals surface area (Å²) < 4.78 is 82.5. The topological polar surface area (TPSA) is 125 Å². The molecule has 0 amide bonds. The lowest BCUT2D eigenvalue weighted by Gasteiger charge is -2.30. The van der Waals surface area contributed by atoms with Gasteiger partial charge in [0.1, 0.15) is 98.9 Å². The first-order valence-corrected chi connectivity index (χ1v) is 40.0. The third-order valence-electron chi connectivity index (χ3n) is 17.8. The highest BCUT2D eigenvalue weighted by molar-refractivity contribution is 7.91. The normalized spacial score (nSPS) is 10.8. The third-order valence-corrected chi connectivity index (χ3v) is 21.0. The van der Waals surface area contributed by atoms with Crippen LogP contribution in [0.1, 0.15) is 97.2 Å². The van der Waals surface area contributed by atoms with Gasteiger partial charge < -0.3 is 37.9 Å². The van der Waals surface area contributed by atoms with Crippen molar-refractivity contribution < 1.29 is 50.5 Å². The maximum absolute atomic E-state index is 12.6. The minimum absolute atomic E-state index is 0.113. The van der Waals surface area contributed by atoms with E-state index in [1.54, 1.807) is 60.7 Å². The summed E-state index contributed by atoms with van der Waals surface area (Å²) in [5, 5.41) is 0. The fraction of sp³-hybridized carbons (Fsp3) is 0.200. The van der Waals surface area contributed by atoms with Crippen LogP contribution in [0.25, 0.3) is 0 Å². The smallest absolute Gasteiger partial charge is 0.206 e. The monoisotopic (exact) mass is 1550 g/mol. The van der Waals surface area contributed by atoms with Crippen LogP contribution in [-0.4, -0.2) is 65.5 Å². The second-order valence-electron chi connectivity index (χ2n) is 27.7. The molecular formula is C100H108O11S2. The number of hydrogen-bond acceptors (Lipinski definition) is 11. The fourth-order valence-corrected chi connectivity index (χ4v) is 13.8. The molecule has 0 saturated heterocycles. The summed E-state index contributed by atoms with van der Waals surface area (Å²) in [4.78, 5) is 1.88. The van der Waals surface area contributed by atoms with Gasteiger partial charge in [0.05, 0.1) is 20.6 Å². The summed E-state index contributed by atoms with van der Waals surface area (Å²) in [6.45, 7) is 53.9. The van der Waals surface area contributed by atoms with E-state index < -0.39 is 20.6 Å². The van der Waals surface area contributed by atoms with Crippen LogP contribution < -0.4 is 37.9 Å². The van der Waals surface area contributed by atoms with E-state index in [4.69, 9.17) is 37.9 Å². The molecule has 11 nitrogen and oxygen atoms in total. The Morgan fingerprint density at radius 3 is 1.09 bits per heavy atom. The Morgan fingerprint density at radius 2 is 0.673 bits per heavy atom. The van der Waals surface area contributed by atoms with Gasteiger partial charge in [-0.25, -0.2) is 12.6 Å². The van der Waals surface area contributed by atoms with Crippen molar-refractivity contribution >= 4 is 20.6 Å². The van der Waals surface area contributed by atoms with Crippen LogP contribution in [-0.2, 0) is 57.2 Å². The molecule has 10 aromatic carbocycles. The van der Waals surface area contributed by atoms with E-state index in [-0.39, 0.29) is 20.6 Å². The molecule has 10 rings (SSSR count). The van der Waals surface area contributed by atoms with Crippen molar-refractivity contribution in [3.63, 3.8) is 0 Å². The molecule has 0 heterocycles. The summed E-state index contributed by atoms with van der Waals surface area (Å²) in [5.74, 6) is 6.20. The Morgan fingerprint density at radius 1 is 0.336 bits per heavy atom. The third kappa shape index (κ3) is 27.8. The molecule has 586 valence electrons. The average molecular weight is 1550 g/mol. The lowest BCUT2D eigenvalue weighted by Crippen LogP contribution is -2.21. The molecule has 0 saturated carbocycles. The van der Waals surface area contributed by atoms with Crippen LogP contribution in [0.4, 0.5) is 0 Å². The van der Waals surface area contributed by atoms with Crippen molar-refractivity contribution in [2.24, 2.45) is 0 Å². The van der Waals surface area contributed by atoms with Crippen LogP contribution in [0, 0.1) is 0 Å². The zero-order valence-electron chi connectivity index (χ0n) is 66.4. The van der Waals surface area contributed by atoms with Gasteiger partial charge in [-0.3, -0.25) is 0 Å². The number of benzene rings is 10. The van der Waals surface area contributed by atoms with Crippen LogP contribution in [0.5, 0.6) is 46.0 Å². The molecule has 0 spiro atoms. The first kappa shape index (κ1) is 88.3. The van der Waals surface area contributed by atoms with E-state index in [0.29, 0.717) is 64.4 Å². The number of hydrogen-bond donors (Lipinski definition) is 0. The average Bonchev–Trinajstić information content (AvgIpc) is 0.786. The fourth-order valence-electron chi connectivity index (χ4n) is 11.5. The van der Waals surface area contributed by atoms with Gasteiger partial charge in [0.2, 0.25) is 9.84 Å². The van der Waals surface area contributed by atoms with Crippen molar-refractivity contribution in [3.05, 3.63) is 412 Å². The van der Waals surface area contributed by atoms with Gasteiger partial charge in [0.15, 0.2) is 0 Å². The second-order valence-corrected chi connectivity index (χ2v) is 31.1. The van der Waals surface area contributed by atoms with E-state index in [9.17, 15) is 12.6 Å². The van der Waals surface area contributed by atoms with Crippen molar-refractivity contribution in [2.45, 2.75) is 97.6 Å². The van der Waals surface area contributed by atoms with Crippen molar-refractivity contribution in [2.75, 3.05) is 52.9 Å². The van der Waals surface area contributed by atoms with Crippen LogP contribution in [0.15, 0.2) is 376 Å². The highest BCUT2D eigenvalue weighted by atomic mass is 32.2. The standard InChI is InChI=1S/C32H34O2.C30H34O2.C20H22O3S.C18H18O4S/c1-5-9-29-17-15-28(24-32(29)34-20-8-4)22-26-13-11-25(12-14-26)21-27-16-18-31(33-19-7-3)30(23-27)10-6-2;1-7-20-31-27-18-16-25(17-19-27)29(3,4)23-12-14-24(15-13-23)30(5,6)26-10-9-11-28(22-26)32-21-8-2;1-15(2)13-22-17-5-9-19(10-6-17)24(21)20-11-7-18(8-12-20)23-14-16(3)4;1-3-13-21-15-5-9-17(10-6-15)23(19,20)18-11-7-16(8-12-18)22-14-4-2/h5-8,11-18,23-24H,1-4,9-10,19-22H2;7-19,22H,1-2,20-21H2,3-6H3;5-12H,1,3,13-14H2,2,4H3;3-12H,1-2,13-14H2. The summed E-state index contributed by atoms with van der Waals surface area (Å²) >= 11 is 0. The van der Waals surface area contributed by atoms with Crippen LogP contribution in [0.2, 0.25) is 0 Å². The van der Waals surface area contributed by atoms with Gasteiger partial charge in [0, 0.05) is 20.6 Å². The SMILES string of the molecule is C=C(C)COc1ccc(S(=O)c2ccc(OCC(=C)C)cc2)cc1.C=CCOc1ccc(C(C)(C)c2ccc(C(C)(C)c3cccc(OCC=C)c3)cc2)cc1.C=CCOc1ccc(Cc2ccc(Cc3ccc(CC=C)c(OCC=C)c3)cc2)cc1CC=C.C=CCOc1ccc(S(=O)(=O)c2ccc(OCC=C)cc2)cc1. The molecule has 0 aliphatic heterocycles. The maximum Gasteiger partial charge on any atom is 0.206 e. The number of ether oxygens (including phenoxy) is 8. The molecule has 0 aromatic heterocycles. The molecule has 0 aliphatic rings. The molecule has 0 unspecified atom stereocenters. The number of allylic oxidation sites excluding steroid dienone is 2. The molecule has 0 radical (unpaired) electrons. The van der Waals surface area contributed by atoms with Gasteiger partial charge in [-0.05, 0) is 240 Å². The first-order valence-electron chi connectivity index (χ1n) is 37.4. The highest BCUT2D eigenvalue weighted by Gasteiger charge is 2.27. The molecule has 0 fully saturated rings. The molecule has 0 atom stereocenters. The Bertz CT molecular complexity index is 4770. The second kappa shape index (κ2) is 45.4. The lowest BCUT2D eigenvalue weighted by atomic mass is 9.74. The Hall–Kier alpha value is -11.9. The van der Waals surface area contributed by atoms with E-state index in [2.05, 4.69) is 203 Å². The van der Waals surface area contributed by atoms with E-state index >= 15 is 0 Å². The Kier molecular flexibility index (Phi) is 35.5. The molecule has 113 heavy (non-hydrogen) atoms. The predicted octanol–water partition coefficient (Wildman–Crippen LogP) is 23.3. The van der Waals surface area contributed by atoms with E-state index in [1.165, 1.54) is 68.8 Å². The molecule has 0 aliphatic carbocycles.